The molecule has 96 valence electrons. The van der Waals surface area contributed by atoms with Gasteiger partial charge in [-0.3, -0.25) is 0 Å². The van der Waals surface area contributed by atoms with Gasteiger partial charge in [-0.2, -0.15) is 13.2 Å². The number of hydrogen-bond acceptors (Lipinski definition) is 2. The molecule has 1 N–H and O–H groups in total. The molecule has 0 fully saturated rings. The first-order chi connectivity index (χ1) is 7.87. The molecule has 0 aromatic heterocycles. The van der Waals surface area contributed by atoms with Gasteiger partial charge in [-0.15, -0.1) is 0 Å². The van der Waals surface area contributed by atoms with Gasteiger partial charge >= 0.3 is 6.18 Å². The minimum absolute atomic E-state index is 0.241. The molecule has 0 saturated heterocycles. The Labute approximate surface area is 98.8 Å². The Morgan fingerprint density at radius 2 is 2.00 bits per heavy atom. The summed E-state index contributed by atoms with van der Waals surface area (Å²) in [5.41, 5.74) is 0.901. The van der Waals surface area contributed by atoms with E-state index in [0.717, 1.165) is 5.56 Å². The molecule has 0 amide bonds. The molecule has 0 atom stereocenters. The number of benzene rings is 1. The molecule has 0 bridgehead atoms. The highest BCUT2D eigenvalue weighted by Crippen LogP contribution is 2.19. The Kier molecular flexibility index (Phi) is 4.81. The van der Waals surface area contributed by atoms with Gasteiger partial charge in [0.25, 0.3) is 0 Å². The summed E-state index contributed by atoms with van der Waals surface area (Å²) in [5.74, 6) is 0.241. The molecular formula is C12H16F3NO. The van der Waals surface area contributed by atoms with E-state index < -0.39 is 12.8 Å². The number of nitrogens with one attached hydrogen (secondary N) is 1. The van der Waals surface area contributed by atoms with Crippen LogP contribution in [0.3, 0.4) is 0 Å². The van der Waals surface area contributed by atoms with Gasteiger partial charge in [0.2, 0.25) is 0 Å². The lowest BCUT2D eigenvalue weighted by molar-refractivity contribution is -0.153. The van der Waals surface area contributed by atoms with E-state index in [0.29, 0.717) is 12.6 Å². The smallest absolute Gasteiger partial charge is 0.422 e. The molecule has 2 nitrogen and oxygen atoms in total. The van der Waals surface area contributed by atoms with Crippen LogP contribution >= 0.6 is 0 Å². The fourth-order valence-electron chi connectivity index (χ4n) is 1.23. The molecule has 1 aromatic carbocycles. The molecule has 1 rings (SSSR count). The average molecular weight is 247 g/mol. The van der Waals surface area contributed by atoms with Crippen molar-refractivity contribution in [1.29, 1.82) is 0 Å². The summed E-state index contributed by atoms with van der Waals surface area (Å²) in [6.07, 6.45) is -4.30. The average Bonchev–Trinajstić information content (AvgIpc) is 2.23. The zero-order chi connectivity index (χ0) is 12.9. The lowest BCUT2D eigenvalue weighted by Gasteiger charge is -2.11. The highest BCUT2D eigenvalue weighted by Gasteiger charge is 2.28. The molecule has 0 spiro atoms. The zero-order valence-corrected chi connectivity index (χ0v) is 9.84. The van der Waals surface area contributed by atoms with Gasteiger partial charge in [0.15, 0.2) is 6.61 Å². The quantitative estimate of drug-likeness (QED) is 0.863. The van der Waals surface area contributed by atoms with Gasteiger partial charge in [0, 0.05) is 12.6 Å². The van der Waals surface area contributed by atoms with Crippen molar-refractivity contribution in [1.82, 2.24) is 5.32 Å². The first kappa shape index (κ1) is 13.8. The lowest BCUT2D eigenvalue weighted by Crippen LogP contribution is -2.22. The molecule has 17 heavy (non-hydrogen) atoms. The predicted molar refractivity (Wildman–Crippen MR) is 60.0 cm³/mol. The van der Waals surface area contributed by atoms with E-state index in [9.17, 15) is 13.2 Å². The van der Waals surface area contributed by atoms with E-state index in [1.54, 1.807) is 12.1 Å². The Morgan fingerprint density at radius 1 is 1.29 bits per heavy atom. The van der Waals surface area contributed by atoms with Crippen molar-refractivity contribution in [3.8, 4) is 5.75 Å². The molecule has 0 aliphatic rings. The summed E-state index contributed by atoms with van der Waals surface area (Å²) in [7, 11) is 0. The van der Waals surface area contributed by atoms with Gasteiger partial charge in [0.1, 0.15) is 5.75 Å². The van der Waals surface area contributed by atoms with Gasteiger partial charge in [-0.25, -0.2) is 0 Å². The van der Waals surface area contributed by atoms with Crippen LogP contribution in [0.1, 0.15) is 19.4 Å². The van der Waals surface area contributed by atoms with Gasteiger partial charge in [-0.1, -0.05) is 26.0 Å². The monoisotopic (exact) mass is 247 g/mol. The summed E-state index contributed by atoms with van der Waals surface area (Å²) in [4.78, 5) is 0. The third kappa shape index (κ3) is 6.16. The second-order valence-electron chi connectivity index (χ2n) is 4.09. The summed E-state index contributed by atoms with van der Waals surface area (Å²) in [6, 6.07) is 6.99. The third-order valence-corrected chi connectivity index (χ3v) is 2.02. The maximum atomic E-state index is 12.0. The van der Waals surface area contributed by atoms with Gasteiger partial charge < -0.3 is 10.1 Å². The number of rotatable bonds is 5. The Balaban J connectivity index is 2.54. The van der Waals surface area contributed by atoms with Crippen molar-refractivity contribution in [2.24, 2.45) is 0 Å². The summed E-state index contributed by atoms with van der Waals surface area (Å²) < 4.78 is 40.5. The lowest BCUT2D eigenvalue weighted by atomic mass is 10.2. The molecule has 1 aromatic rings. The molecule has 0 radical (unpaired) electrons. The number of halogens is 3. The highest BCUT2D eigenvalue weighted by molar-refractivity contribution is 5.28. The van der Waals surface area contributed by atoms with Crippen LogP contribution in [0.2, 0.25) is 0 Å². The number of hydrogen-bond donors (Lipinski definition) is 1. The second kappa shape index (κ2) is 5.91. The van der Waals surface area contributed by atoms with Crippen molar-refractivity contribution in [3.63, 3.8) is 0 Å². The standard InChI is InChI=1S/C12H16F3NO/c1-9(2)16-7-10-4-3-5-11(6-10)17-8-12(13,14)15/h3-6,9,16H,7-8H2,1-2H3. The fourth-order valence-corrected chi connectivity index (χ4v) is 1.23. The molecule has 0 saturated carbocycles. The Morgan fingerprint density at radius 3 is 2.59 bits per heavy atom. The van der Waals surface area contributed by atoms with E-state index in [-0.39, 0.29) is 5.75 Å². The van der Waals surface area contributed by atoms with Crippen LogP contribution in [-0.2, 0) is 6.54 Å². The molecule has 0 heterocycles. The summed E-state index contributed by atoms with van der Waals surface area (Å²) >= 11 is 0. The van der Waals surface area contributed by atoms with Crippen molar-refractivity contribution < 1.29 is 17.9 Å². The van der Waals surface area contributed by atoms with E-state index in [1.807, 2.05) is 19.9 Å². The Bertz CT molecular complexity index is 350. The van der Waals surface area contributed by atoms with Crippen molar-refractivity contribution in [2.75, 3.05) is 6.61 Å². The van der Waals surface area contributed by atoms with Crippen LogP contribution in [0.25, 0.3) is 0 Å². The minimum Gasteiger partial charge on any atom is -0.484 e. The maximum Gasteiger partial charge on any atom is 0.422 e. The minimum atomic E-state index is -4.30. The van der Waals surface area contributed by atoms with E-state index in [2.05, 4.69) is 10.1 Å². The van der Waals surface area contributed by atoms with Crippen LogP contribution < -0.4 is 10.1 Å². The molecule has 0 unspecified atom stereocenters. The predicted octanol–water partition coefficient (Wildman–Crippen LogP) is 3.13. The topological polar surface area (TPSA) is 21.3 Å². The summed E-state index contributed by atoms with van der Waals surface area (Å²) in [5, 5.41) is 3.18. The molecule has 0 aliphatic carbocycles. The number of ether oxygens (including phenoxy) is 1. The first-order valence-electron chi connectivity index (χ1n) is 5.39. The van der Waals surface area contributed by atoms with Crippen LogP contribution in [0, 0.1) is 0 Å². The zero-order valence-electron chi connectivity index (χ0n) is 9.84. The van der Waals surface area contributed by atoms with Gasteiger partial charge in [0.05, 0.1) is 0 Å². The van der Waals surface area contributed by atoms with E-state index >= 15 is 0 Å². The van der Waals surface area contributed by atoms with Crippen LogP contribution in [0.5, 0.6) is 5.75 Å². The van der Waals surface area contributed by atoms with E-state index in [4.69, 9.17) is 0 Å². The van der Waals surface area contributed by atoms with Crippen molar-refractivity contribution in [3.05, 3.63) is 29.8 Å². The van der Waals surface area contributed by atoms with Crippen molar-refractivity contribution >= 4 is 0 Å². The molecular weight excluding hydrogens is 231 g/mol. The highest BCUT2D eigenvalue weighted by atomic mass is 19.4. The molecule has 0 aliphatic heterocycles. The second-order valence-corrected chi connectivity index (χ2v) is 4.09. The van der Waals surface area contributed by atoms with Crippen LogP contribution in [-0.4, -0.2) is 18.8 Å². The van der Waals surface area contributed by atoms with Crippen molar-refractivity contribution in [2.45, 2.75) is 32.6 Å². The maximum absolute atomic E-state index is 12.0. The first-order valence-corrected chi connectivity index (χ1v) is 5.39. The molecule has 5 heteroatoms. The van der Waals surface area contributed by atoms with Gasteiger partial charge in [-0.05, 0) is 17.7 Å². The fraction of sp³-hybridized carbons (Fsp3) is 0.500. The third-order valence-electron chi connectivity index (χ3n) is 2.02. The SMILES string of the molecule is CC(C)NCc1cccc(OCC(F)(F)F)c1. The largest absolute Gasteiger partial charge is 0.484 e. The number of alkyl halides is 3. The Hall–Kier alpha value is -1.23. The van der Waals surface area contributed by atoms with Crippen LogP contribution in [0.4, 0.5) is 13.2 Å². The van der Waals surface area contributed by atoms with Crippen LogP contribution in [0.15, 0.2) is 24.3 Å². The van der Waals surface area contributed by atoms with E-state index in [1.165, 1.54) is 6.07 Å². The normalized spacial score (nSPS) is 11.9. The summed E-state index contributed by atoms with van der Waals surface area (Å²) in [6.45, 7) is 3.36.